The number of fused-ring (bicyclic) bond motifs is 9. The molecule has 0 N–H and O–H groups in total. The number of benzene rings is 7. The van der Waals surface area contributed by atoms with Crippen molar-refractivity contribution in [3.8, 4) is 27.9 Å². The van der Waals surface area contributed by atoms with E-state index < -0.39 is 0 Å². The lowest BCUT2D eigenvalue weighted by atomic mass is 9.81. The van der Waals surface area contributed by atoms with Gasteiger partial charge in [0, 0.05) is 50.8 Å². The molecule has 0 aliphatic heterocycles. The van der Waals surface area contributed by atoms with E-state index in [1.165, 1.54) is 112 Å². The summed E-state index contributed by atoms with van der Waals surface area (Å²) >= 11 is 0. The first kappa shape index (κ1) is 41.7. The van der Waals surface area contributed by atoms with E-state index >= 15 is 0 Å². The Morgan fingerprint density at radius 3 is 2.09 bits per heavy atom. The number of aromatic nitrogens is 1. The van der Waals surface area contributed by atoms with Gasteiger partial charge in [-0.2, -0.15) is 0 Å². The van der Waals surface area contributed by atoms with Gasteiger partial charge < -0.3 is 9.47 Å². The van der Waals surface area contributed by atoms with Crippen molar-refractivity contribution in [2.75, 3.05) is 4.90 Å². The van der Waals surface area contributed by atoms with Gasteiger partial charge in [-0.3, -0.25) is 0 Å². The summed E-state index contributed by atoms with van der Waals surface area (Å²) in [5.41, 5.74) is 25.8. The first-order chi connectivity index (χ1) is 33.8. The number of anilines is 2. The predicted molar refractivity (Wildman–Crippen MR) is 291 cm³/mol. The maximum Gasteiger partial charge on any atom is 0.0537 e. The van der Waals surface area contributed by atoms with Crippen molar-refractivity contribution in [2.45, 2.75) is 76.5 Å². The standard InChI is InChI=1S/C67H58N2/c1-66(2)58-27-12-9-24-53(58)56-43-50(39-40-60(56)66)68(49-37-34-46(35-38-49)44-18-6-5-7-19-44)61-29-14-10-22-51(61)47-21-16-20-45(32-33-47)48-36-41-63-57(42-48)54-25-11-15-30-62(54)69(63)64-31-17-26-55-52-23-8-13-28-59(52)67(3,4)65(55)64/h5-31,34,36-37,39-41,43,47-48H,32-33,35,38,42H2,1-4H3. The number of hydrogen-bond acceptors (Lipinski definition) is 1. The third kappa shape index (κ3) is 6.59. The molecule has 0 saturated heterocycles. The Balaban J connectivity index is 0.831. The van der Waals surface area contributed by atoms with Crippen molar-refractivity contribution in [3.63, 3.8) is 0 Å². The number of allylic oxidation sites excluding steroid dienone is 9. The van der Waals surface area contributed by atoms with Crippen molar-refractivity contribution < 1.29 is 0 Å². The van der Waals surface area contributed by atoms with Crippen LogP contribution in [-0.4, -0.2) is 4.57 Å². The molecule has 0 amide bonds. The second-order valence-electron chi connectivity index (χ2n) is 21.0. The van der Waals surface area contributed by atoms with Gasteiger partial charge in [0.2, 0.25) is 0 Å². The molecule has 1 aromatic heterocycles. The Morgan fingerprint density at radius 1 is 0.551 bits per heavy atom. The smallest absolute Gasteiger partial charge is 0.0537 e. The van der Waals surface area contributed by atoms with Gasteiger partial charge in [0.25, 0.3) is 0 Å². The van der Waals surface area contributed by atoms with Crippen molar-refractivity contribution >= 4 is 33.9 Å². The highest BCUT2D eigenvalue weighted by Gasteiger charge is 2.39. The normalized spacial score (nSPS) is 19.1. The summed E-state index contributed by atoms with van der Waals surface area (Å²) in [6, 6.07) is 61.5. The minimum Gasteiger partial charge on any atom is -0.314 e. The van der Waals surface area contributed by atoms with Gasteiger partial charge in [-0.25, -0.2) is 0 Å². The van der Waals surface area contributed by atoms with E-state index in [1.54, 1.807) is 0 Å². The molecule has 2 atom stereocenters. The fourth-order valence-corrected chi connectivity index (χ4v) is 13.1. The Morgan fingerprint density at radius 2 is 1.26 bits per heavy atom. The first-order valence-electron chi connectivity index (χ1n) is 25.3. The minimum atomic E-state index is -0.105. The molecule has 336 valence electrons. The molecule has 2 heteroatoms. The van der Waals surface area contributed by atoms with E-state index in [2.05, 4.69) is 243 Å². The Bertz CT molecular complexity index is 3540. The summed E-state index contributed by atoms with van der Waals surface area (Å²) in [4.78, 5) is 2.60. The monoisotopic (exact) mass is 890 g/mol. The molecule has 2 unspecified atom stereocenters. The van der Waals surface area contributed by atoms with Crippen LogP contribution in [0.15, 0.2) is 212 Å². The van der Waals surface area contributed by atoms with Gasteiger partial charge in [-0.05, 0) is 141 Å². The highest BCUT2D eigenvalue weighted by molar-refractivity contribution is 5.93. The number of hydrogen-bond donors (Lipinski definition) is 0. The van der Waals surface area contributed by atoms with Crippen molar-refractivity contribution in [2.24, 2.45) is 5.92 Å². The van der Waals surface area contributed by atoms with E-state index in [0.29, 0.717) is 5.92 Å². The van der Waals surface area contributed by atoms with Crippen LogP contribution < -0.4 is 4.90 Å². The lowest BCUT2D eigenvalue weighted by Gasteiger charge is -2.33. The molecule has 5 aliphatic rings. The highest BCUT2D eigenvalue weighted by atomic mass is 15.2. The lowest BCUT2D eigenvalue weighted by Crippen LogP contribution is -2.20. The Labute approximate surface area is 408 Å². The van der Waals surface area contributed by atoms with E-state index in [9.17, 15) is 0 Å². The molecule has 69 heavy (non-hydrogen) atoms. The number of para-hydroxylation sites is 2. The topological polar surface area (TPSA) is 8.17 Å². The first-order valence-corrected chi connectivity index (χ1v) is 25.3. The summed E-state index contributed by atoms with van der Waals surface area (Å²) in [6.45, 7) is 9.56. The zero-order chi connectivity index (χ0) is 46.4. The quantitative estimate of drug-likeness (QED) is 0.155. The van der Waals surface area contributed by atoms with Gasteiger partial charge in [-0.1, -0.05) is 197 Å². The summed E-state index contributed by atoms with van der Waals surface area (Å²) in [7, 11) is 0. The van der Waals surface area contributed by atoms with Crippen LogP contribution in [0.5, 0.6) is 0 Å². The van der Waals surface area contributed by atoms with Gasteiger partial charge in [-0.15, -0.1) is 0 Å². The largest absolute Gasteiger partial charge is 0.314 e. The van der Waals surface area contributed by atoms with E-state index in [-0.39, 0.29) is 16.7 Å². The van der Waals surface area contributed by atoms with Crippen LogP contribution in [0.3, 0.4) is 0 Å². The van der Waals surface area contributed by atoms with E-state index in [0.717, 1.165) is 32.1 Å². The maximum atomic E-state index is 2.60. The molecule has 13 rings (SSSR count). The summed E-state index contributed by atoms with van der Waals surface area (Å²) in [5, 5.41) is 1.37. The van der Waals surface area contributed by atoms with Crippen LogP contribution in [-0.2, 0) is 17.3 Å². The molecule has 5 aliphatic carbocycles. The second-order valence-corrected chi connectivity index (χ2v) is 21.0. The SMILES string of the molecule is CC1(C)c2ccccc2-c2cc(N(C3=CC=C(c4ccccc4)CC3)c3ccccc3C3C=CC=C(C4C=Cc5c(c6ccccc6n5-c5cccc6c5C(C)(C)c5ccccc5-6)C4)CC3)ccc21. The van der Waals surface area contributed by atoms with Gasteiger partial charge >= 0.3 is 0 Å². The predicted octanol–water partition coefficient (Wildman–Crippen LogP) is 17.4. The molecule has 8 aromatic rings. The summed E-state index contributed by atoms with van der Waals surface area (Å²) < 4.78 is 2.57. The molecule has 0 fully saturated rings. The average molecular weight is 891 g/mol. The van der Waals surface area contributed by atoms with Gasteiger partial charge in [0.1, 0.15) is 0 Å². The molecule has 7 aromatic carbocycles. The molecule has 2 nitrogen and oxygen atoms in total. The molecule has 0 spiro atoms. The summed E-state index contributed by atoms with van der Waals surface area (Å²) in [6.07, 6.45) is 22.1. The molecule has 0 saturated carbocycles. The van der Waals surface area contributed by atoms with Crippen LogP contribution in [0.4, 0.5) is 11.4 Å². The third-order valence-corrected chi connectivity index (χ3v) is 16.6. The molecular weight excluding hydrogens is 833 g/mol. The number of rotatable bonds is 7. The van der Waals surface area contributed by atoms with Crippen LogP contribution in [0.25, 0.3) is 50.5 Å². The Kier molecular flexibility index (Phi) is 9.74. The highest BCUT2D eigenvalue weighted by Crippen LogP contribution is 2.54. The lowest BCUT2D eigenvalue weighted by molar-refractivity contribution is 0.650. The van der Waals surface area contributed by atoms with E-state index in [1.807, 2.05) is 0 Å². The van der Waals surface area contributed by atoms with E-state index in [4.69, 9.17) is 0 Å². The van der Waals surface area contributed by atoms with Gasteiger partial charge in [0.15, 0.2) is 0 Å². The zero-order valence-corrected chi connectivity index (χ0v) is 40.2. The maximum absolute atomic E-state index is 2.60. The van der Waals surface area contributed by atoms with Crippen LogP contribution >= 0.6 is 0 Å². The van der Waals surface area contributed by atoms with Gasteiger partial charge in [0.05, 0.1) is 11.2 Å². The fourth-order valence-electron chi connectivity index (χ4n) is 13.1. The Hall–Kier alpha value is -7.42. The summed E-state index contributed by atoms with van der Waals surface area (Å²) in [5.74, 6) is 0.606. The second kappa shape index (κ2) is 16.1. The molecule has 1 heterocycles. The van der Waals surface area contributed by atoms with Crippen molar-refractivity contribution in [1.82, 2.24) is 4.57 Å². The molecule has 0 radical (unpaired) electrons. The van der Waals surface area contributed by atoms with Crippen molar-refractivity contribution in [3.05, 3.63) is 256 Å². The zero-order valence-electron chi connectivity index (χ0n) is 40.2. The van der Waals surface area contributed by atoms with Crippen LogP contribution in [0.1, 0.15) is 104 Å². The minimum absolute atomic E-state index is 0.0427. The van der Waals surface area contributed by atoms with Crippen molar-refractivity contribution in [1.29, 1.82) is 0 Å². The average Bonchev–Trinajstić information content (AvgIpc) is 3.82. The molecule has 0 bridgehead atoms. The fraction of sp³-hybridized carbons (Fsp3) is 0.194. The third-order valence-electron chi connectivity index (χ3n) is 16.6. The van der Waals surface area contributed by atoms with Crippen LogP contribution in [0, 0.1) is 5.92 Å². The number of nitrogens with zero attached hydrogens (tertiary/aromatic N) is 2. The molecular formula is C67H58N2. The van der Waals surface area contributed by atoms with Crippen LogP contribution in [0.2, 0.25) is 0 Å².